The molecule has 0 fully saturated rings. The van der Waals surface area contributed by atoms with E-state index in [0.717, 1.165) is 24.5 Å². The molecule has 0 bridgehead atoms. The van der Waals surface area contributed by atoms with Gasteiger partial charge in [0.2, 0.25) is 0 Å². The van der Waals surface area contributed by atoms with Crippen LogP contribution < -0.4 is 0 Å². The fourth-order valence-corrected chi connectivity index (χ4v) is 3.79. The number of halogens is 4. The summed E-state index contributed by atoms with van der Waals surface area (Å²) in [4.78, 5) is 0. The molecule has 1 unspecified atom stereocenters. The maximum Gasteiger partial charge on any atom is 0.368 e. The second-order valence-corrected chi connectivity index (χ2v) is 11.6. The third kappa shape index (κ3) is 3.15. The minimum absolute atomic E-state index is 0.0712. The van der Waals surface area contributed by atoms with Crippen molar-refractivity contribution in [2.45, 2.75) is 24.6 Å². The van der Waals surface area contributed by atoms with Gasteiger partial charge in [-0.2, -0.15) is 0 Å². The van der Waals surface area contributed by atoms with Gasteiger partial charge in [0.15, 0.2) is 0 Å². The first kappa shape index (κ1) is 10.2. The molecule has 0 nitrogen and oxygen atoms in total. The average Bonchev–Trinajstić information content (AvgIpc) is 1.86. The molecule has 0 radical (unpaired) electrons. The maximum atomic E-state index is 5.89. The lowest BCUT2D eigenvalue weighted by atomic mass is 10.1. The lowest BCUT2D eigenvalue weighted by molar-refractivity contribution is 0.726. The summed E-state index contributed by atoms with van der Waals surface area (Å²) in [5.74, 6) is 0. The average molecular weight is 250 g/mol. The van der Waals surface area contributed by atoms with Gasteiger partial charge in [-0.15, -0.1) is 44.8 Å². The second-order valence-electron chi connectivity index (χ2n) is 2.60. The summed E-state index contributed by atoms with van der Waals surface area (Å²) in [6.07, 6.45) is 4.86. The highest BCUT2D eigenvalue weighted by Crippen LogP contribution is 2.35. The minimum Gasteiger partial charge on any atom is -0.121 e. The van der Waals surface area contributed by atoms with E-state index in [1.807, 2.05) is 6.08 Å². The highest BCUT2D eigenvalue weighted by molar-refractivity contribution is 7.67. The van der Waals surface area contributed by atoms with E-state index < -0.39 is 6.00 Å². The van der Waals surface area contributed by atoms with E-state index in [-0.39, 0.29) is 5.38 Å². The lowest BCUT2D eigenvalue weighted by Crippen LogP contribution is -2.19. The van der Waals surface area contributed by atoms with Gasteiger partial charge in [0.05, 0.1) is 5.38 Å². The zero-order valence-corrected chi connectivity index (χ0v) is 9.81. The SMILES string of the molecule is ClC1C=C([Si](Cl)(Cl)Cl)CCC1. The van der Waals surface area contributed by atoms with Crippen molar-refractivity contribution in [1.29, 1.82) is 0 Å². The maximum absolute atomic E-state index is 5.89. The third-order valence-corrected chi connectivity index (χ3v) is 5.35. The van der Waals surface area contributed by atoms with Gasteiger partial charge < -0.3 is 0 Å². The van der Waals surface area contributed by atoms with Crippen LogP contribution in [-0.4, -0.2) is 11.4 Å². The first-order valence-corrected chi connectivity index (χ1v) is 8.89. The summed E-state index contributed by atoms with van der Waals surface area (Å²) in [6, 6.07) is -2.60. The van der Waals surface area contributed by atoms with Crippen molar-refractivity contribution in [3.63, 3.8) is 0 Å². The smallest absolute Gasteiger partial charge is 0.121 e. The standard InChI is InChI=1S/C6H8Cl4Si/c7-5-2-1-3-6(4-5)11(8,9)10/h4-5H,1-3H2. The van der Waals surface area contributed by atoms with Crippen LogP contribution in [0.3, 0.4) is 0 Å². The topological polar surface area (TPSA) is 0 Å². The third-order valence-electron chi connectivity index (χ3n) is 1.67. The van der Waals surface area contributed by atoms with Crippen molar-refractivity contribution in [3.8, 4) is 0 Å². The van der Waals surface area contributed by atoms with Crippen LogP contribution in [0.4, 0.5) is 0 Å². The molecule has 0 heterocycles. The van der Waals surface area contributed by atoms with E-state index in [1.165, 1.54) is 0 Å². The molecule has 0 aliphatic heterocycles. The van der Waals surface area contributed by atoms with Crippen molar-refractivity contribution < 1.29 is 0 Å². The van der Waals surface area contributed by atoms with Gasteiger partial charge in [-0.3, -0.25) is 0 Å². The molecule has 0 amide bonds. The Morgan fingerprint density at radius 3 is 2.36 bits per heavy atom. The molecular formula is C6H8Cl4Si. The molecule has 1 rings (SSSR count). The van der Waals surface area contributed by atoms with E-state index in [1.54, 1.807) is 0 Å². The number of alkyl halides is 1. The molecule has 0 spiro atoms. The zero-order valence-electron chi connectivity index (χ0n) is 5.79. The zero-order chi connectivity index (χ0) is 8.48. The molecule has 1 atom stereocenters. The van der Waals surface area contributed by atoms with Gasteiger partial charge >= 0.3 is 6.00 Å². The highest BCUT2D eigenvalue weighted by Gasteiger charge is 2.32. The Kier molecular flexibility index (Phi) is 3.60. The molecule has 0 aromatic heterocycles. The normalized spacial score (nSPS) is 26.5. The Morgan fingerprint density at radius 1 is 1.36 bits per heavy atom. The molecule has 11 heavy (non-hydrogen) atoms. The fourth-order valence-electron chi connectivity index (χ4n) is 1.11. The van der Waals surface area contributed by atoms with Crippen LogP contribution in [0.25, 0.3) is 0 Å². The molecule has 0 saturated carbocycles. The summed E-state index contributed by atoms with van der Waals surface area (Å²) in [5.41, 5.74) is 0. The van der Waals surface area contributed by atoms with Crippen molar-refractivity contribution in [2.75, 3.05) is 0 Å². The Labute approximate surface area is 86.6 Å². The Balaban J connectivity index is 2.71. The minimum atomic E-state index is -2.60. The number of rotatable bonds is 1. The summed E-state index contributed by atoms with van der Waals surface area (Å²) in [5, 5.41) is 1.04. The van der Waals surface area contributed by atoms with Crippen molar-refractivity contribution in [2.24, 2.45) is 0 Å². The predicted molar refractivity (Wildman–Crippen MR) is 54.9 cm³/mol. The summed E-state index contributed by atoms with van der Waals surface area (Å²) >= 11 is 23.3. The summed E-state index contributed by atoms with van der Waals surface area (Å²) in [7, 11) is 0. The van der Waals surface area contributed by atoms with E-state index in [0.29, 0.717) is 0 Å². The molecule has 64 valence electrons. The van der Waals surface area contributed by atoms with Crippen LogP contribution in [0.1, 0.15) is 19.3 Å². The van der Waals surface area contributed by atoms with Gasteiger partial charge in [-0.25, -0.2) is 0 Å². The first-order chi connectivity index (χ1) is 5.00. The molecule has 1 aliphatic rings. The number of hydrogen-bond acceptors (Lipinski definition) is 0. The van der Waals surface area contributed by atoms with Crippen molar-refractivity contribution >= 4 is 50.8 Å². The highest BCUT2D eigenvalue weighted by atomic mass is 35.8. The quantitative estimate of drug-likeness (QED) is 0.376. The Bertz CT molecular complexity index is 172. The molecule has 0 saturated heterocycles. The van der Waals surface area contributed by atoms with Crippen LogP contribution in [0.15, 0.2) is 11.3 Å². The van der Waals surface area contributed by atoms with Crippen molar-refractivity contribution in [3.05, 3.63) is 11.3 Å². The Hall–Kier alpha value is 1.12. The second kappa shape index (κ2) is 3.88. The lowest BCUT2D eigenvalue weighted by Gasteiger charge is -2.19. The van der Waals surface area contributed by atoms with Gasteiger partial charge in [-0.05, 0) is 24.5 Å². The van der Waals surface area contributed by atoms with Crippen LogP contribution in [0, 0.1) is 0 Å². The number of hydrogen-bond donors (Lipinski definition) is 0. The summed E-state index contributed by atoms with van der Waals surface area (Å²) in [6.45, 7) is 0. The predicted octanol–water partition coefficient (Wildman–Crippen LogP) is 3.90. The van der Waals surface area contributed by atoms with Crippen LogP contribution in [0.2, 0.25) is 0 Å². The van der Waals surface area contributed by atoms with Crippen LogP contribution >= 0.6 is 44.8 Å². The van der Waals surface area contributed by atoms with Crippen LogP contribution in [0.5, 0.6) is 0 Å². The van der Waals surface area contributed by atoms with Crippen molar-refractivity contribution in [1.82, 2.24) is 0 Å². The first-order valence-electron chi connectivity index (χ1n) is 3.42. The van der Waals surface area contributed by atoms with Gasteiger partial charge in [0, 0.05) is 0 Å². The molecule has 1 aliphatic carbocycles. The van der Waals surface area contributed by atoms with Gasteiger partial charge in [0.1, 0.15) is 0 Å². The van der Waals surface area contributed by atoms with Gasteiger partial charge in [0.25, 0.3) is 0 Å². The van der Waals surface area contributed by atoms with E-state index >= 15 is 0 Å². The number of allylic oxidation sites excluding steroid dienone is 2. The monoisotopic (exact) mass is 248 g/mol. The summed E-state index contributed by atoms with van der Waals surface area (Å²) < 4.78 is 0. The van der Waals surface area contributed by atoms with E-state index in [2.05, 4.69) is 0 Å². The molecule has 0 aromatic carbocycles. The fraction of sp³-hybridized carbons (Fsp3) is 0.667. The molecule has 5 heteroatoms. The van der Waals surface area contributed by atoms with Crippen LogP contribution in [-0.2, 0) is 0 Å². The van der Waals surface area contributed by atoms with E-state index in [9.17, 15) is 0 Å². The molecule has 0 aromatic rings. The van der Waals surface area contributed by atoms with E-state index in [4.69, 9.17) is 44.8 Å². The Morgan fingerprint density at radius 2 is 2.00 bits per heavy atom. The van der Waals surface area contributed by atoms with Gasteiger partial charge in [-0.1, -0.05) is 6.08 Å². The molecule has 0 N–H and O–H groups in total. The largest absolute Gasteiger partial charge is 0.368 e. The molecular weight excluding hydrogens is 242 g/mol.